The number of fused-ring (bicyclic) bond motifs is 3. The Balaban J connectivity index is 1.53. The largest absolute Gasteiger partial charge is 0.460 e. The van der Waals surface area contributed by atoms with Gasteiger partial charge in [0.15, 0.2) is 0 Å². The van der Waals surface area contributed by atoms with E-state index < -0.39 is 35.5 Å². The van der Waals surface area contributed by atoms with Crippen molar-refractivity contribution in [2.45, 2.75) is 70.1 Å². The number of esters is 1. The van der Waals surface area contributed by atoms with Gasteiger partial charge in [-0.3, -0.25) is 9.69 Å². The predicted molar refractivity (Wildman–Crippen MR) is 141 cm³/mol. The molecule has 1 N–H and O–H groups in total. The molecular weight excluding hydrogens is 500 g/mol. The molecule has 5 atom stereocenters. The Bertz CT molecular complexity index is 1180. The van der Waals surface area contributed by atoms with Crippen LogP contribution in [0.4, 0.5) is 9.59 Å². The van der Waals surface area contributed by atoms with Crippen LogP contribution in [0.1, 0.15) is 44.7 Å². The van der Waals surface area contributed by atoms with Crippen LogP contribution in [0.5, 0.6) is 0 Å². The monoisotopic (exact) mass is 536 g/mol. The Labute approximate surface area is 228 Å². The second-order valence-corrected chi connectivity index (χ2v) is 11.6. The molecule has 2 aromatic carbocycles. The summed E-state index contributed by atoms with van der Waals surface area (Å²) in [5.41, 5.74) is 0.226. The summed E-state index contributed by atoms with van der Waals surface area (Å²) in [6, 6.07) is 18.9. The SMILES string of the molecule is CC(C)(C)OC(=O)N(Cc1ccccc1)[C@H](COCc1ccccc1)[C@@H]1[C@@H]2CC(=O)O[C@@H](C2)[C@@]12COC(=O)N2. The maximum Gasteiger partial charge on any atom is 0.410 e. The molecule has 2 aliphatic heterocycles. The van der Waals surface area contributed by atoms with Crippen LogP contribution < -0.4 is 5.32 Å². The molecule has 0 aromatic heterocycles. The van der Waals surface area contributed by atoms with Crippen molar-refractivity contribution in [1.29, 1.82) is 0 Å². The summed E-state index contributed by atoms with van der Waals surface area (Å²) in [5.74, 6) is -0.813. The maximum absolute atomic E-state index is 13.9. The van der Waals surface area contributed by atoms with Crippen molar-refractivity contribution in [3.63, 3.8) is 0 Å². The van der Waals surface area contributed by atoms with Crippen molar-refractivity contribution in [3.05, 3.63) is 71.8 Å². The summed E-state index contributed by atoms with van der Waals surface area (Å²) in [6.07, 6.45) is -0.827. The zero-order chi connectivity index (χ0) is 27.6. The zero-order valence-electron chi connectivity index (χ0n) is 22.6. The lowest BCUT2D eigenvalue weighted by molar-refractivity contribution is -0.155. The first-order chi connectivity index (χ1) is 18.6. The quantitative estimate of drug-likeness (QED) is 0.393. The number of cyclic esters (lactones) is 1. The molecule has 2 aromatic rings. The van der Waals surface area contributed by atoms with Crippen LogP contribution in [-0.2, 0) is 36.9 Å². The third kappa shape index (κ3) is 5.88. The smallest absolute Gasteiger partial charge is 0.410 e. The van der Waals surface area contributed by atoms with Crippen LogP contribution in [-0.4, -0.2) is 59.6 Å². The highest BCUT2D eigenvalue weighted by Crippen LogP contribution is 2.51. The van der Waals surface area contributed by atoms with Crippen molar-refractivity contribution in [2.24, 2.45) is 11.8 Å². The summed E-state index contributed by atoms with van der Waals surface area (Å²) >= 11 is 0. The fourth-order valence-corrected chi connectivity index (χ4v) is 6.19. The van der Waals surface area contributed by atoms with Crippen molar-refractivity contribution >= 4 is 18.2 Å². The third-order valence-electron chi connectivity index (χ3n) is 7.71. The molecule has 5 rings (SSSR count). The van der Waals surface area contributed by atoms with Gasteiger partial charge in [0.25, 0.3) is 0 Å². The first-order valence-electron chi connectivity index (χ1n) is 13.4. The molecule has 3 aliphatic rings. The number of amides is 2. The minimum absolute atomic E-state index is 0.0492. The normalized spacial score (nSPS) is 26.5. The Morgan fingerprint density at radius 1 is 1.08 bits per heavy atom. The van der Waals surface area contributed by atoms with Crippen molar-refractivity contribution in [2.75, 3.05) is 13.2 Å². The molecule has 2 bridgehead atoms. The average Bonchev–Trinajstić information content (AvgIpc) is 3.37. The minimum atomic E-state index is -0.967. The fourth-order valence-electron chi connectivity index (χ4n) is 6.19. The van der Waals surface area contributed by atoms with Gasteiger partial charge >= 0.3 is 18.2 Å². The van der Waals surface area contributed by atoms with Gasteiger partial charge < -0.3 is 24.3 Å². The molecule has 39 heavy (non-hydrogen) atoms. The maximum atomic E-state index is 13.9. The predicted octanol–water partition coefficient (Wildman–Crippen LogP) is 4.44. The molecule has 2 saturated heterocycles. The van der Waals surface area contributed by atoms with Crippen LogP contribution in [0, 0.1) is 11.8 Å². The van der Waals surface area contributed by atoms with E-state index in [2.05, 4.69) is 5.32 Å². The molecule has 9 nitrogen and oxygen atoms in total. The van der Waals surface area contributed by atoms with E-state index in [1.807, 2.05) is 81.4 Å². The van der Waals surface area contributed by atoms with Crippen molar-refractivity contribution in [1.82, 2.24) is 10.2 Å². The Kier molecular flexibility index (Phi) is 7.53. The van der Waals surface area contributed by atoms with Crippen LogP contribution in [0.15, 0.2) is 60.7 Å². The summed E-state index contributed by atoms with van der Waals surface area (Å²) in [4.78, 5) is 40.5. The highest BCUT2D eigenvalue weighted by atomic mass is 16.6. The summed E-state index contributed by atoms with van der Waals surface area (Å²) < 4.78 is 23.3. The number of nitrogens with one attached hydrogen (secondary N) is 1. The lowest BCUT2D eigenvalue weighted by Crippen LogP contribution is -2.62. The molecule has 9 heteroatoms. The average molecular weight is 537 g/mol. The fraction of sp³-hybridized carbons (Fsp3) is 0.500. The first-order valence-corrected chi connectivity index (χ1v) is 13.4. The highest BCUT2D eigenvalue weighted by Gasteiger charge is 2.66. The first kappa shape index (κ1) is 27.0. The van der Waals surface area contributed by atoms with E-state index in [0.29, 0.717) is 13.0 Å². The van der Waals surface area contributed by atoms with E-state index in [0.717, 1.165) is 11.1 Å². The van der Waals surface area contributed by atoms with Gasteiger partial charge in [-0.2, -0.15) is 0 Å². The molecule has 208 valence electrons. The number of nitrogens with zero attached hydrogens (tertiary/aromatic N) is 1. The topological polar surface area (TPSA) is 103 Å². The molecule has 0 radical (unpaired) electrons. The second kappa shape index (κ2) is 10.9. The molecule has 0 unspecified atom stereocenters. The van der Waals surface area contributed by atoms with E-state index in [-0.39, 0.29) is 44.0 Å². The van der Waals surface area contributed by atoms with E-state index in [1.165, 1.54) is 0 Å². The standard InChI is InChI=1S/C30H36N2O7/c1-29(2,3)39-28(35)32(16-20-10-6-4-7-11-20)23(18-36-17-21-12-8-5-9-13-21)26-22-14-24(38-25(33)15-22)30(26)19-37-27(34)31-30/h4-13,22-24,26H,14-19H2,1-3H3,(H,31,34)/t22-,23+,24-,26-,30-/m0/s1. The summed E-state index contributed by atoms with van der Waals surface area (Å²) in [7, 11) is 0. The van der Waals surface area contributed by atoms with Gasteiger partial charge in [0, 0.05) is 18.9 Å². The minimum Gasteiger partial charge on any atom is -0.460 e. The lowest BCUT2D eigenvalue weighted by Gasteiger charge is -2.43. The van der Waals surface area contributed by atoms with Gasteiger partial charge in [-0.1, -0.05) is 60.7 Å². The Morgan fingerprint density at radius 3 is 2.36 bits per heavy atom. The lowest BCUT2D eigenvalue weighted by atomic mass is 9.76. The van der Waals surface area contributed by atoms with Crippen LogP contribution in [0.25, 0.3) is 0 Å². The van der Waals surface area contributed by atoms with Gasteiger partial charge in [-0.25, -0.2) is 9.59 Å². The zero-order valence-corrected chi connectivity index (χ0v) is 22.6. The number of rotatable bonds is 8. The van der Waals surface area contributed by atoms with E-state index in [4.69, 9.17) is 18.9 Å². The van der Waals surface area contributed by atoms with Gasteiger partial charge in [0.2, 0.25) is 0 Å². The highest BCUT2D eigenvalue weighted by molar-refractivity contribution is 5.75. The number of hydrogen-bond acceptors (Lipinski definition) is 7. The van der Waals surface area contributed by atoms with Gasteiger partial charge in [0.05, 0.1) is 19.3 Å². The molecule has 2 amide bonds. The number of carbonyl (C=O) groups is 3. The Hall–Kier alpha value is -3.59. The summed E-state index contributed by atoms with van der Waals surface area (Å²) in [6.45, 7) is 6.31. The van der Waals surface area contributed by atoms with Crippen LogP contribution in [0.3, 0.4) is 0 Å². The van der Waals surface area contributed by atoms with Gasteiger partial charge in [-0.15, -0.1) is 0 Å². The molecule has 3 fully saturated rings. The van der Waals surface area contributed by atoms with Crippen molar-refractivity contribution in [3.8, 4) is 0 Å². The van der Waals surface area contributed by atoms with E-state index in [9.17, 15) is 14.4 Å². The number of ether oxygens (including phenoxy) is 4. The molecule has 1 saturated carbocycles. The number of alkyl carbamates (subject to hydrolysis) is 1. The van der Waals surface area contributed by atoms with Crippen LogP contribution in [0.2, 0.25) is 0 Å². The van der Waals surface area contributed by atoms with Gasteiger partial charge in [0.1, 0.15) is 23.9 Å². The molecular formula is C30H36N2O7. The second-order valence-electron chi connectivity index (χ2n) is 11.6. The molecule has 1 aliphatic carbocycles. The molecule has 2 heterocycles. The molecule has 1 spiro atoms. The Morgan fingerprint density at radius 2 is 1.74 bits per heavy atom. The number of hydrogen-bond donors (Lipinski definition) is 1. The summed E-state index contributed by atoms with van der Waals surface area (Å²) in [5, 5.41) is 2.99. The van der Waals surface area contributed by atoms with E-state index in [1.54, 1.807) is 4.90 Å². The number of carbonyl (C=O) groups excluding carboxylic acids is 3. The van der Waals surface area contributed by atoms with Crippen LogP contribution >= 0.6 is 0 Å². The third-order valence-corrected chi connectivity index (χ3v) is 7.71. The van der Waals surface area contributed by atoms with E-state index >= 15 is 0 Å². The number of benzene rings is 2. The van der Waals surface area contributed by atoms with Gasteiger partial charge in [-0.05, 0) is 44.2 Å². The van der Waals surface area contributed by atoms with Crippen molar-refractivity contribution < 1.29 is 33.3 Å².